The van der Waals surface area contributed by atoms with Gasteiger partial charge in [-0.1, -0.05) is 33.6 Å². The fourth-order valence-electron chi connectivity index (χ4n) is 2.75. The molecule has 1 aliphatic rings. The van der Waals surface area contributed by atoms with E-state index in [0.29, 0.717) is 13.0 Å². The summed E-state index contributed by atoms with van der Waals surface area (Å²) in [4.78, 5) is 23.8. The average molecular weight is 298 g/mol. The van der Waals surface area contributed by atoms with Crippen molar-refractivity contribution in [2.24, 2.45) is 11.3 Å². The van der Waals surface area contributed by atoms with E-state index in [1.807, 2.05) is 20.8 Å². The molecule has 0 radical (unpaired) electrons. The molecule has 0 aromatic heterocycles. The number of aliphatic hydroxyl groups is 1. The Bertz CT molecular complexity index is 344. The van der Waals surface area contributed by atoms with E-state index < -0.39 is 0 Å². The molecule has 1 rings (SSSR count). The van der Waals surface area contributed by atoms with Gasteiger partial charge >= 0.3 is 0 Å². The number of nitrogens with one attached hydrogen (secondary N) is 2. The predicted molar refractivity (Wildman–Crippen MR) is 82.7 cm³/mol. The summed E-state index contributed by atoms with van der Waals surface area (Å²) in [7, 11) is 0. The molecule has 0 saturated heterocycles. The molecule has 1 saturated carbocycles. The molecule has 5 nitrogen and oxygen atoms in total. The van der Waals surface area contributed by atoms with Gasteiger partial charge in [0, 0.05) is 31.5 Å². The highest BCUT2D eigenvalue weighted by Crippen LogP contribution is 2.24. The van der Waals surface area contributed by atoms with Gasteiger partial charge in [0.1, 0.15) is 0 Å². The van der Waals surface area contributed by atoms with Crippen molar-refractivity contribution in [3.05, 3.63) is 0 Å². The largest absolute Gasteiger partial charge is 0.396 e. The van der Waals surface area contributed by atoms with Crippen molar-refractivity contribution in [2.45, 2.75) is 65.3 Å². The lowest BCUT2D eigenvalue weighted by molar-refractivity contribution is -0.125. The summed E-state index contributed by atoms with van der Waals surface area (Å²) in [5.74, 6) is 0.155. The van der Waals surface area contributed by atoms with Gasteiger partial charge in [0.05, 0.1) is 0 Å². The highest BCUT2D eigenvalue weighted by atomic mass is 16.3. The maximum atomic E-state index is 11.9. The van der Waals surface area contributed by atoms with Gasteiger partial charge in [-0.25, -0.2) is 0 Å². The molecule has 1 unspecified atom stereocenters. The van der Waals surface area contributed by atoms with Crippen LogP contribution in [0.15, 0.2) is 0 Å². The number of carbonyl (C=O) groups is 2. The highest BCUT2D eigenvalue weighted by molar-refractivity contribution is 5.80. The van der Waals surface area contributed by atoms with Crippen molar-refractivity contribution in [1.82, 2.24) is 10.6 Å². The van der Waals surface area contributed by atoms with E-state index in [2.05, 4.69) is 10.6 Å². The van der Waals surface area contributed by atoms with Crippen LogP contribution in [0.5, 0.6) is 0 Å². The van der Waals surface area contributed by atoms with Gasteiger partial charge in [-0.15, -0.1) is 0 Å². The molecule has 1 fully saturated rings. The van der Waals surface area contributed by atoms with E-state index >= 15 is 0 Å². The molecule has 0 bridgehead atoms. The third-order valence-corrected chi connectivity index (χ3v) is 4.18. The van der Waals surface area contributed by atoms with Crippen LogP contribution < -0.4 is 10.6 Å². The van der Waals surface area contributed by atoms with Crippen molar-refractivity contribution < 1.29 is 14.7 Å². The van der Waals surface area contributed by atoms with Crippen molar-refractivity contribution in [2.75, 3.05) is 13.2 Å². The molecule has 0 heterocycles. The Hall–Kier alpha value is -1.10. The number of carbonyl (C=O) groups excluding carboxylic acids is 2. The van der Waals surface area contributed by atoms with Crippen LogP contribution in [0.3, 0.4) is 0 Å². The summed E-state index contributed by atoms with van der Waals surface area (Å²) >= 11 is 0. The van der Waals surface area contributed by atoms with Crippen LogP contribution in [0.4, 0.5) is 0 Å². The lowest BCUT2D eigenvalue weighted by Crippen LogP contribution is -2.45. The second-order valence-corrected chi connectivity index (χ2v) is 7.02. The molecule has 5 heteroatoms. The Morgan fingerprint density at radius 1 is 1.24 bits per heavy atom. The molecule has 1 atom stereocenters. The first kappa shape index (κ1) is 18.0. The van der Waals surface area contributed by atoms with Crippen molar-refractivity contribution in [1.29, 1.82) is 0 Å². The smallest absolute Gasteiger partial charge is 0.223 e. The van der Waals surface area contributed by atoms with Crippen molar-refractivity contribution >= 4 is 11.8 Å². The highest BCUT2D eigenvalue weighted by Gasteiger charge is 2.26. The Morgan fingerprint density at radius 3 is 2.38 bits per heavy atom. The molecule has 3 N–H and O–H groups in total. The third-order valence-electron chi connectivity index (χ3n) is 4.18. The van der Waals surface area contributed by atoms with Gasteiger partial charge in [0.2, 0.25) is 11.8 Å². The molecular formula is C16H30N2O3. The fraction of sp³-hybridized carbons (Fsp3) is 0.875. The Labute approximate surface area is 127 Å². The fourth-order valence-corrected chi connectivity index (χ4v) is 2.75. The lowest BCUT2D eigenvalue weighted by Gasteiger charge is -2.31. The standard InChI is InChI=1S/C16H30N2O3/c1-16(2,3)13(9-11-19)18-14(20)8-10-17-15(21)12-6-4-5-7-12/h12-13,19H,4-11H2,1-3H3,(H,17,21)(H,18,20). The minimum absolute atomic E-state index is 0.0551. The average Bonchev–Trinajstić information content (AvgIpc) is 2.91. The third kappa shape index (κ3) is 6.46. The van der Waals surface area contributed by atoms with Crippen LogP contribution in [0.2, 0.25) is 0 Å². The normalized spacial score (nSPS) is 17.5. The van der Waals surface area contributed by atoms with Gasteiger partial charge < -0.3 is 15.7 Å². The zero-order valence-electron chi connectivity index (χ0n) is 13.6. The number of hydrogen-bond donors (Lipinski definition) is 3. The van der Waals surface area contributed by atoms with E-state index in [9.17, 15) is 9.59 Å². The van der Waals surface area contributed by atoms with E-state index in [4.69, 9.17) is 5.11 Å². The number of aliphatic hydroxyl groups excluding tert-OH is 1. The van der Waals surface area contributed by atoms with Crippen molar-refractivity contribution in [3.63, 3.8) is 0 Å². The number of rotatable bonds is 7. The SMILES string of the molecule is CC(C)(C)C(CCO)NC(=O)CCNC(=O)C1CCCC1. The summed E-state index contributed by atoms with van der Waals surface area (Å²) in [6.07, 6.45) is 5.04. The van der Waals surface area contributed by atoms with Crippen LogP contribution in [0.1, 0.15) is 59.3 Å². The molecule has 2 amide bonds. The molecule has 21 heavy (non-hydrogen) atoms. The first-order valence-electron chi connectivity index (χ1n) is 8.02. The maximum Gasteiger partial charge on any atom is 0.223 e. The van der Waals surface area contributed by atoms with Crippen LogP contribution in [-0.2, 0) is 9.59 Å². The Balaban J connectivity index is 2.27. The molecule has 0 aromatic carbocycles. The topological polar surface area (TPSA) is 78.4 Å². The second-order valence-electron chi connectivity index (χ2n) is 7.02. The van der Waals surface area contributed by atoms with E-state index in [-0.39, 0.29) is 42.2 Å². The van der Waals surface area contributed by atoms with Gasteiger partial charge in [-0.3, -0.25) is 9.59 Å². The quantitative estimate of drug-likeness (QED) is 0.668. The Morgan fingerprint density at radius 2 is 1.86 bits per heavy atom. The van der Waals surface area contributed by atoms with Crippen molar-refractivity contribution in [3.8, 4) is 0 Å². The van der Waals surface area contributed by atoms with Crippen LogP contribution in [-0.4, -0.2) is 36.1 Å². The zero-order chi connectivity index (χ0) is 15.9. The number of amides is 2. The van der Waals surface area contributed by atoms with Gasteiger partial charge in [-0.05, 0) is 24.7 Å². The van der Waals surface area contributed by atoms with E-state index in [1.54, 1.807) is 0 Å². The molecule has 1 aliphatic carbocycles. The van der Waals surface area contributed by atoms with E-state index in [0.717, 1.165) is 25.7 Å². The summed E-state index contributed by atoms with van der Waals surface area (Å²) < 4.78 is 0. The predicted octanol–water partition coefficient (Wildman–Crippen LogP) is 1.60. The number of hydrogen-bond acceptors (Lipinski definition) is 3. The zero-order valence-corrected chi connectivity index (χ0v) is 13.6. The van der Waals surface area contributed by atoms with Crippen LogP contribution in [0, 0.1) is 11.3 Å². The van der Waals surface area contributed by atoms with Crippen LogP contribution in [0.25, 0.3) is 0 Å². The lowest BCUT2D eigenvalue weighted by atomic mass is 9.85. The van der Waals surface area contributed by atoms with Gasteiger partial charge in [0.25, 0.3) is 0 Å². The van der Waals surface area contributed by atoms with Crippen LogP contribution >= 0.6 is 0 Å². The first-order valence-corrected chi connectivity index (χ1v) is 8.02. The summed E-state index contributed by atoms with van der Waals surface area (Å²) in [6, 6.07) is -0.0551. The summed E-state index contributed by atoms with van der Waals surface area (Å²) in [5.41, 5.74) is -0.0918. The Kier molecular flexibility index (Phi) is 7.15. The molecular weight excluding hydrogens is 268 g/mol. The minimum Gasteiger partial charge on any atom is -0.396 e. The molecule has 0 spiro atoms. The molecule has 122 valence electrons. The molecule has 0 aromatic rings. The monoisotopic (exact) mass is 298 g/mol. The second kappa shape index (κ2) is 8.37. The first-order chi connectivity index (χ1) is 9.84. The molecule has 0 aliphatic heterocycles. The minimum atomic E-state index is -0.0918. The van der Waals surface area contributed by atoms with E-state index in [1.165, 1.54) is 0 Å². The van der Waals surface area contributed by atoms with Gasteiger partial charge in [-0.2, -0.15) is 0 Å². The van der Waals surface area contributed by atoms with Gasteiger partial charge in [0.15, 0.2) is 0 Å². The maximum absolute atomic E-state index is 11.9. The summed E-state index contributed by atoms with van der Waals surface area (Å²) in [6.45, 7) is 6.55. The summed E-state index contributed by atoms with van der Waals surface area (Å²) in [5, 5.41) is 14.9.